The molecule has 2 atom stereocenters. The number of hydrogen-bond acceptors (Lipinski definition) is 4. The fourth-order valence-electron chi connectivity index (χ4n) is 2.13. The largest absolute Gasteiger partial charge is 0.391 e. The lowest BCUT2D eigenvalue weighted by Crippen LogP contribution is -2.20. The van der Waals surface area contributed by atoms with Crippen LogP contribution in [0.4, 0.5) is 5.82 Å². The molecule has 0 radical (unpaired) electrons. The Kier molecular flexibility index (Phi) is 3.76. The van der Waals surface area contributed by atoms with Gasteiger partial charge in [-0.25, -0.2) is 4.68 Å². The summed E-state index contributed by atoms with van der Waals surface area (Å²) in [4.78, 5) is 0. The van der Waals surface area contributed by atoms with Crippen LogP contribution in [0.2, 0.25) is 0 Å². The first kappa shape index (κ1) is 11.8. The number of aromatic nitrogens is 2. The third-order valence-electron chi connectivity index (χ3n) is 2.95. The molecule has 0 bridgehead atoms. The van der Waals surface area contributed by atoms with Gasteiger partial charge in [0.15, 0.2) is 0 Å². The molecule has 2 rings (SSSR count). The van der Waals surface area contributed by atoms with E-state index in [9.17, 15) is 5.11 Å². The number of hydrogen-bond donors (Lipinski definition) is 2. The van der Waals surface area contributed by atoms with Crippen LogP contribution in [0, 0.1) is 0 Å². The van der Waals surface area contributed by atoms with Crippen molar-refractivity contribution in [2.24, 2.45) is 0 Å². The Bertz CT molecular complexity index is 353. The van der Waals surface area contributed by atoms with Crippen molar-refractivity contribution in [3.8, 4) is 0 Å². The average Bonchev–Trinajstić information content (AvgIpc) is 2.82. The highest BCUT2D eigenvalue weighted by molar-refractivity contribution is 7.99. The van der Waals surface area contributed by atoms with E-state index in [4.69, 9.17) is 5.73 Å². The number of nitrogen functional groups attached to an aromatic ring is 1. The van der Waals surface area contributed by atoms with Crippen LogP contribution in [-0.2, 0) is 0 Å². The zero-order valence-corrected chi connectivity index (χ0v) is 10.4. The lowest BCUT2D eigenvalue weighted by atomic mass is 10.2. The summed E-state index contributed by atoms with van der Waals surface area (Å²) in [6, 6.07) is 1.99. The molecule has 1 fully saturated rings. The number of rotatable bonds is 4. The molecule has 0 saturated heterocycles. The number of aliphatic hydroxyl groups excluding tert-OH is 1. The second-order valence-corrected chi connectivity index (χ2v) is 5.38. The molecular weight excluding hydrogens is 222 g/mol. The van der Waals surface area contributed by atoms with Gasteiger partial charge in [0.2, 0.25) is 0 Å². The van der Waals surface area contributed by atoms with Crippen molar-refractivity contribution in [1.29, 1.82) is 0 Å². The van der Waals surface area contributed by atoms with Gasteiger partial charge in [-0.2, -0.15) is 5.10 Å². The Labute approximate surface area is 100 Å². The Hall–Kier alpha value is -0.680. The van der Waals surface area contributed by atoms with Crippen LogP contribution >= 0.6 is 11.8 Å². The molecule has 1 aliphatic rings. The topological polar surface area (TPSA) is 64.1 Å². The van der Waals surface area contributed by atoms with Gasteiger partial charge in [-0.3, -0.25) is 0 Å². The van der Waals surface area contributed by atoms with E-state index >= 15 is 0 Å². The van der Waals surface area contributed by atoms with E-state index in [1.807, 2.05) is 6.07 Å². The Morgan fingerprint density at radius 2 is 2.44 bits per heavy atom. The van der Waals surface area contributed by atoms with E-state index in [2.05, 4.69) is 12.0 Å². The summed E-state index contributed by atoms with van der Waals surface area (Å²) in [6.45, 7) is 2.15. The smallest absolute Gasteiger partial charge is 0.123 e. The maximum atomic E-state index is 9.83. The molecular formula is C11H19N3OS. The van der Waals surface area contributed by atoms with E-state index < -0.39 is 0 Å². The fourth-order valence-corrected chi connectivity index (χ4v) is 2.90. The molecule has 1 aromatic rings. The summed E-state index contributed by atoms with van der Waals surface area (Å²) >= 11 is 1.72. The quantitative estimate of drug-likeness (QED) is 0.792. The van der Waals surface area contributed by atoms with Gasteiger partial charge in [-0.1, -0.05) is 6.92 Å². The maximum Gasteiger partial charge on any atom is 0.123 e. The molecule has 0 aliphatic heterocycles. The van der Waals surface area contributed by atoms with Gasteiger partial charge in [0, 0.05) is 6.07 Å². The predicted octanol–water partition coefficient (Wildman–Crippen LogP) is 2.05. The van der Waals surface area contributed by atoms with Crippen LogP contribution < -0.4 is 5.73 Å². The van der Waals surface area contributed by atoms with E-state index in [-0.39, 0.29) is 12.1 Å². The van der Waals surface area contributed by atoms with Crippen molar-refractivity contribution in [3.63, 3.8) is 0 Å². The molecule has 1 heterocycles. The number of anilines is 1. The minimum absolute atomic E-state index is 0.0796. The second-order valence-electron chi connectivity index (χ2n) is 4.27. The van der Waals surface area contributed by atoms with Crippen LogP contribution in [0.3, 0.4) is 0 Å². The van der Waals surface area contributed by atoms with Crippen molar-refractivity contribution < 1.29 is 5.11 Å². The third kappa shape index (κ3) is 2.35. The summed E-state index contributed by atoms with van der Waals surface area (Å²) in [6.07, 6.45) is 3.74. The molecule has 16 heavy (non-hydrogen) atoms. The molecule has 90 valence electrons. The third-order valence-corrected chi connectivity index (χ3v) is 4.06. The van der Waals surface area contributed by atoms with Crippen molar-refractivity contribution in [2.75, 3.05) is 11.5 Å². The van der Waals surface area contributed by atoms with Gasteiger partial charge in [-0.05, 0) is 31.4 Å². The first-order chi connectivity index (χ1) is 7.72. The Morgan fingerprint density at radius 3 is 3.06 bits per heavy atom. The van der Waals surface area contributed by atoms with Crippen LogP contribution in [0.15, 0.2) is 11.1 Å². The summed E-state index contributed by atoms with van der Waals surface area (Å²) in [5.74, 6) is 1.73. The molecule has 2 unspecified atom stereocenters. The van der Waals surface area contributed by atoms with Gasteiger partial charge in [0.05, 0.1) is 12.1 Å². The fraction of sp³-hybridized carbons (Fsp3) is 0.727. The van der Waals surface area contributed by atoms with Crippen LogP contribution in [0.25, 0.3) is 0 Å². The molecule has 1 saturated carbocycles. The minimum atomic E-state index is -0.286. The molecule has 1 aliphatic carbocycles. The summed E-state index contributed by atoms with van der Waals surface area (Å²) in [7, 11) is 0. The number of aliphatic hydroxyl groups is 1. The average molecular weight is 241 g/mol. The van der Waals surface area contributed by atoms with Crippen LogP contribution in [0.1, 0.15) is 38.6 Å². The van der Waals surface area contributed by atoms with E-state index in [0.717, 1.165) is 36.5 Å². The minimum Gasteiger partial charge on any atom is -0.391 e. The lowest BCUT2D eigenvalue weighted by Gasteiger charge is -2.16. The van der Waals surface area contributed by atoms with Crippen molar-refractivity contribution in [2.45, 2.75) is 49.8 Å². The monoisotopic (exact) mass is 241 g/mol. The zero-order valence-electron chi connectivity index (χ0n) is 9.59. The Morgan fingerprint density at radius 1 is 1.62 bits per heavy atom. The summed E-state index contributed by atoms with van der Waals surface area (Å²) < 4.78 is 1.80. The number of nitrogens with two attached hydrogens (primary N) is 1. The van der Waals surface area contributed by atoms with Crippen molar-refractivity contribution >= 4 is 17.6 Å². The standard InChI is InChI=1S/C11H19N3OS/c1-2-6-16-11-7-10(12)14(13-11)8-4-3-5-9(8)15/h7-9,15H,2-6,12H2,1H3. The highest BCUT2D eigenvalue weighted by Crippen LogP contribution is 2.32. The highest BCUT2D eigenvalue weighted by Gasteiger charge is 2.28. The second kappa shape index (κ2) is 5.10. The molecule has 0 amide bonds. The van der Waals surface area contributed by atoms with Crippen molar-refractivity contribution in [1.82, 2.24) is 9.78 Å². The van der Waals surface area contributed by atoms with E-state index in [0.29, 0.717) is 5.82 Å². The number of thioether (sulfide) groups is 1. The summed E-state index contributed by atoms with van der Waals surface area (Å²) in [5.41, 5.74) is 5.93. The van der Waals surface area contributed by atoms with E-state index in [1.165, 1.54) is 0 Å². The molecule has 1 aromatic heterocycles. The molecule has 0 aromatic carbocycles. The molecule has 0 spiro atoms. The Balaban J connectivity index is 2.11. The molecule has 5 heteroatoms. The van der Waals surface area contributed by atoms with Crippen LogP contribution in [0.5, 0.6) is 0 Å². The normalized spacial score (nSPS) is 25.1. The maximum absolute atomic E-state index is 9.83. The molecule has 4 nitrogen and oxygen atoms in total. The van der Waals surface area contributed by atoms with Gasteiger partial charge < -0.3 is 10.8 Å². The van der Waals surface area contributed by atoms with E-state index in [1.54, 1.807) is 16.4 Å². The first-order valence-corrected chi connectivity index (χ1v) is 6.86. The predicted molar refractivity (Wildman–Crippen MR) is 66.5 cm³/mol. The first-order valence-electron chi connectivity index (χ1n) is 5.88. The lowest BCUT2D eigenvalue weighted by molar-refractivity contribution is 0.131. The summed E-state index contributed by atoms with van der Waals surface area (Å²) in [5, 5.41) is 15.3. The highest BCUT2D eigenvalue weighted by atomic mass is 32.2. The van der Waals surface area contributed by atoms with Crippen LogP contribution in [-0.4, -0.2) is 26.7 Å². The number of nitrogens with zero attached hydrogens (tertiary/aromatic N) is 2. The zero-order chi connectivity index (χ0) is 11.5. The van der Waals surface area contributed by atoms with Crippen molar-refractivity contribution in [3.05, 3.63) is 6.07 Å². The molecule has 3 N–H and O–H groups in total. The SMILES string of the molecule is CCCSc1cc(N)n(C2CCCC2O)n1. The van der Waals surface area contributed by atoms with Gasteiger partial charge in [0.25, 0.3) is 0 Å². The van der Waals surface area contributed by atoms with Gasteiger partial charge in [0.1, 0.15) is 10.8 Å². The van der Waals surface area contributed by atoms with Gasteiger partial charge >= 0.3 is 0 Å². The van der Waals surface area contributed by atoms with Gasteiger partial charge in [-0.15, -0.1) is 11.8 Å².